The van der Waals surface area contributed by atoms with Gasteiger partial charge in [0.2, 0.25) is 11.8 Å². The van der Waals surface area contributed by atoms with Crippen molar-refractivity contribution in [2.24, 2.45) is 0 Å². The molecule has 35 heavy (non-hydrogen) atoms. The van der Waals surface area contributed by atoms with Gasteiger partial charge in [0.25, 0.3) is 0 Å². The number of nitrogens with zero attached hydrogens (tertiary/aromatic N) is 4. The highest BCUT2D eigenvalue weighted by Crippen LogP contribution is 2.41. The Bertz CT molecular complexity index is 1060. The minimum absolute atomic E-state index is 0.0813. The number of carbonyl (C=O) groups is 1. The Balaban J connectivity index is 1.35. The number of hydrogen-bond donors (Lipinski definition) is 0. The molecule has 0 spiro atoms. The predicted molar refractivity (Wildman–Crippen MR) is 138 cm³/mol. The average Bonchev–Trinajstić information content (AvgIpc) is 2.86. The van der Waals surface area contributed by atoms with E-state index in [9.17, 15) is 4.79 Å². The number of hydrogen-bond acceptors (Lipinski definition) is 6. The van der Waals surface area contributed by atoms with Gasteiger partial charge in [0, 0.05) is 56.7 Å². The molecule has 1 unspecified atom stereocenters. The van der Waals surface area contributed by atoms with Crippen molar-refractivity contribution in [1.82, 2.24) is 14.8 Å². The van der Waals surface area contributed by atoms with Crippen molar-refractivity contribution in [1.29, 1.82) is 0 Å². The molecule has 0 saturated carbocycles. The molecule has 0 N–H and O–H groups in total. The van der Waals surface area contributed by atoms with Crippen LogP contribution in [-0.2, 0) is 14.9 Å². The minimum atomic E-state index is -0.239. The van der Waals surface area contributed by atoms with Crippen LogP contribution >= 0.6 is 23.2 Å². The van der Waals surface area contributed by atoms with Gasteiger partial charge in [-0.15, -0.1) is 0 Å². The number of methoxy groups -OCH3 is 1. The van der Waals surface area contributed by atoms with E-state index < -0.39 is 0 Å². The second-order valence-electron chi connectivity index (χ2n) is 9.74. The van der Waals surface area contributed by atoms with E-state index >= 15 is 0 Å². The van der Waals surface area contributed by atoms with Gasteiger partial charge in [0.1, 0.15) is 5.82 Å². The molecule has 0 radical (unpaired) electrons. The van der Waals surface area contributed by atoms with Crippen molar-refractivity contribution < 1.29 is 14.3 Å². The summed E-state index contributed by atoms with van der Waals surface area (Å²) in [6.07, 6.45) is 2.15. The summed E-state index contributed by atoms with van der Waals surface area (Å²) < 4.78 is 10.8. The number of morpholine rings is 1. The fourth-order valence-corrected chi connectivity index (χ4v) is 5.81. The molecule has 3 saturated heterocycles. The highest BCUT2D eigenvalue weighted by molar-refractivity contribution is 6.42. The zero-order chi connectivity index (χ0) is 24.4. The summed E-state index contributed by atoms with van der Waals surface area (Å²) >= 11 is 12.7. The molecule has 1 atom stereocenters. The molecule has 2 aromatic rings. The van der Waals surface area contributed by atoms with Crippen molar-refractivity contribution >= 4 is 34.9 Å². The highest BCUT2D eigenvalue weighted by atomic mass is 35.5. The maximum atomic E-state index is 13.0. The van der Waals surface area contributed by atoms with Gasteiger partial charge >= 0.3 is 0 Å². The fraction of sp³-hybridized carbons (Fsp3) is 0.538. The molecule has 7 nitrogen and oxygen atoms in total. The van der Waals surface area contributed by atoms with Crippen LogP contribution < -0.4 is 9.64 Å². The molecule has 3 aliphatic rings. The summed E-state index contributed by atoms with van der Waals surface area (Å²) in [5.74, 6) is 1.20. The van der Waals surface area contributed by atoms with E-state index in [2.05, 4.69) is 20.9 Å². The second-order valence-corrected chi connectivity index (χ2v) is 10.6. The Labute approximate surface area is 216 Å². The Morgan fingerprint density at radius 3 is 2.69 bits per heavy atom. The van der Waals surface area contributed by atoms with Gasteiger partial charge in [-0.2, -0.15) is 4.98 Å². The smallest absolute Gasteiger partial charge is 0.228 e. The van der Waals surface area contributed by atoms with E-state index in [-0.39, 0.29) is 11.3 Å². The third-order valence-electron chi connectivity index (χ3n) is 7.71. The van der Waals surface area contributed by atoms with Crippen LogP contribution in [0, 0.1) is 0 Å². The lowest BCUT2D eigenvalue weighted by molar-refractivity contribution is -0.120. The van der Waals surface area contributed by atoms with E-state index in [4.69, 9.17) is 32.7 Å². The van der Waals surface area contributed by atoms with Crippen LogP contribution in [0.2, 0.25) is 10.0 Å². The lowest BCUT2D eigenvalue weighted by Crippen LogP contribution is -2.62. The first kappa shape index (κ1) is 24.8. The van der Waals surface area contributed by atoms with E-state index in [1.807, 2.05) is 24.3 Å². The van der Waals surface area contributed by atoms with Gasteiger partial charge in [0.15, 0.2) is 0 Å². The van der Waals surface area contributed by atoms with Crippen LogP contribution in [0.3, 0.4) is 0 Å². The molecular formula is C26H32Cl2N4O3. The van der Waals surface area contributed by atoms with E-state index in [0.29, 0.717) is 40.8 Å². The summed E-state index contributed by atoms with van der Waals surface area (Å²) in [6, 6.07) is 12.0. The van der Waals surface area contributed by atoms with Gasteiger partial charge in [-0.05, 0) is 43.1 Å². The number of aromatic nitrogens is 1. The number of amides is 1. The zero-order valence-electron chi connectivity index (χ0n) is 20.1. The number of ether oxygens (including phenoxy) is 2. The Hall–Kier alpha value is -1.90. The SMILES string of the molecule is COc1cccc(N2CC(CCN3CC(N4CCOCC4)C3)(c3ccc(Cl)c(Cl)c3)CCC2=O)n1. The third-order valence-corrected chi connectivity index (χ3v) is 8.45. The number of benzene rings is 1. The summed E-state index contributed by atoms with van der Waals surface area (Å²) in [6.45, 7) is 7.39. The summed E-state index contributed by atoms with van der Waals surface area (Å²) in [5, 5.41) is 1.09. The van der Waals surface area contributed by atoms with Crippen LogP contribution in [0.1, 0.15) is 24.8 Å². The molecule has 5 rings (SSSR count). The van der Waals surface area contributed by atoms with Crippen LogP contribution in [0.5, 0.6) is 5.88 Å². The first-order valence-corrected chi connectivity index (χ1v) is 13.0. The van der Waals surface area contributed by atoms with Crippen LogP contribution in [0.4, 0.5) is 5.82 Å². The summed E-state index contributed by atoms with van der Waals surface area (Å²) in [7, 11) is 1.58. The van der Waals surface area contributed by atoms with Crippen LogP contribution in [0.15, 0.2) is 36.4 Å². The number of halogens is 2. The standard InChI is InChI=1S/C26H32Cl2N4O3/c1-34-24-4-2-3-23(29-24)32-18-26(8-7-25(32)33,19-5-6-21(27)22(28)15-19)9-10-30-16-20(17-30)31-11-13-35-14-12-31/h2-6,15,20H,7-14,16-18H2,1H3. The van der Waals surface area contributed by atoms with Gasteiger partial charge in [-0.25, -0.2) is 0 Å². The molecule has 1 aromatic carbocycles. The van der Waals surface area contributed by atoms with Gasteiger partial charge in [-0.3, -0.25) is 14.6 Å². The lowest BCUT2D eigenvalue weighted by atomic mass is 9.71. The predicted octanol–water partition coefficient (Wildman–Crippen LogP) is 3.87. The second kappa shape index (κ2) is 10.6. The van der Waals surface area contributed by atoms with Crippen LogP contribution in [-0.4, -0.2) is 86.3 Å². The van der Waals surface area contributed by atoms with Gasteiger partial charge < -0.3 is 14.4 Å². The summed E-state index contributed by atoms with van der Waals surface area (Å²) in [4.78, 5) is 24.5. The van der Waals surface area contributed by atoms with Crippen LogP contribution in [0.25, 0.3) is 0 Å². The van der Waals surface area contributed by atoms with E-state index in [0.717, 1.165) is 64.3 Å². The number of piperidine rings is 1. The average molecular weight is 519 g/mol. The number of rotatable bonds is 7. The van der Waals surface area contributed by atoms with Crippen molar-refractivity contribution in [2.75, 3.05) is 64.5 Å². The highest BCUT2D eigenvalue weighted by Gasteiger charge is 2.42. The largest absolute Gasteiger partial charge is 0.481 e. The molecule has 1 aromatic heterocycles. The van der Waals surface area contributed by atoms with E-state index in [1.54, 1.807) is 18.1 Å². The molecule has 0 bridgehead atoms. The van der Waals surface area contributed by atoms with Crippen molar-refractivity contribution in [3.05, 3.63) is 52.0 Å². The molecular weight excluding hydrogens is 487 g/mol. The van der Waals surface area contributed by atoms with Crippen molar-refractivity contribution in [3.63, 3.8) is 0 Å². The minimum Gasteiger partial charge on any atom is -0.481 e. The Morgan fingerprint density at radius 2 is 1.94 bits per heavy atom. The van der Waals surface area contributed by atoms with Gasteiger partial charge in [-0.1, -0.05) is 35.3 Å². The maximum absolute atomic E-state index is 13.0. The molecule has 4 heterocycles. The lowest BCUT2D eigenvalue weighted by Gasteiger charge is -2.49. The van der Waals surface area contributed by atoms with E-state index in [1.165, 1.54) is 0 Å². The third kappa shape index (κ3) is 5.30. The number of carbonyl (C=O) groups excluding carboxylic acids is 1. The molecule has 9 heteroatoms. The maximum Gasteiger partial charge on any atom is 0.228 e. The van der Waals surface area contributed by atoms with Gasteiger partial charge in [0.05, 0.1) is 30.4 Å². The first-order valence-electron chi connectivity index (χ1n) is 12.3. The Kier molecular flexibility index (Phi) is 7.51. The topological polar surface area (TPSA) is 58.1 Å². The first-order chi connectivity index (χ1) is 17.0. The quantitative estimate of drug-likeness (QED) is 0.554. The Morgan fingerprint density at radius 1 is 1.14 bits per heavy atom. The molecule has 0 aliphatic carbocycles. The number of anilines is 1. The molecule has 188 valence electrons. The zero-order valence-corrected chi connectivity index (χ0v) is 21.6. The fourth-order valence-electron chi connectivity index (χ4n) is 5.51. The number of pyridine rings is 1. The normalized spacial score (nSPS) is 24.4. The van der Waals surface area contributed by atoms with Crippen molar-refractivity contribution in [3.8, 4) is 5.88 Å². The monoisotopic (exact) mass is 518 g/mol. The molecule has 1 amide bonds. The molecule has 3 fully saturated rings. The molecule has 3 aliphatic heterocycles. The number of likely N-dealkylation sites (tertiary alicyclic amines) is 1. The van der Waals surface area contributed by atoms with Crippen molar-refractivity contribution in [2.45, 2.75) is 30.7 Å². The summed E-state index contributed by atoms with van der Waals surface area (Å²) in [5.41, 5.74) is 0.884.